The van der Waals surface area contributed by atoms with Gasteiger partial charge in [-0.1, -0.05) is 0 Å². The van der Waals surface area contributed by atoms with Crippen molar-refractivity contribution in [1.82, 2.24) is 14.7 Å². The van der Waals surface area contributed by atoms with Crippen molar-refractivity contribution >= 4 is 39.6 Å². The first-order valence-corrected chi connectivity index (χ1v) is 7.39. The van der Waals surface area contributed by atoms with Crippen LogP contribution in [-0.4, -0.2) is 28.9 Å². The SMILES string of the molecule is CNC(=O)CCNc1snc(N)c1-c1nc(C)cs1. The first kappa shape index (κ1) is 13.8. The van der Waals surface area contributed by atoms with Crippen molar-refractivity contribution in [3.05, 3.63) is 11.1 Å². The van der Waals surface area contributed by atoms with Gasteiger partial charge >= 0.3 is 0 Å². The highest BCUT2D eigenvalue weighted by Crippen LogP contribution is 2.38. The summed E-state index contributed by atoms with van der Waals surface area (Å²) >= 11 is 2.82. The number of anilines is 2. The number of nitrogens with two attached hydrogens (primary N) is 1. The van der Waals surface area contributed by atoms with Crippen molar-refractivity contribution in [2.24, 2.45) is 0 Å². The van der Waals surface area contributed by atoms with Gasteiger partial charge in [-0.05, 0) is 18.5 Å². The molecule has 1 amide bonds. The van der Waals surface area contributed by atoms with Gasteiger partial charge in [0.2, 0.25) is 5.91 Å². The van der Waals surface area contributed by atoms with E-state index in [1.807, 2.05) is 12.3 Å². The van der Waals surface area contributed by atoms with E-state index in [9.17, 15) is 4.79 Å². The van der Waals surface area contributed by atoms with Crippen molar-refractivity contribution in [1.29, 1.82) is 0 Å². The van der Waals surface area contributed by atoms with Crippen LogP contribution in [-0.2, 0) is 4.79 Å². The lowest BCUT2D eigenvalue weighted by Gasteiger charge is -2.04. The van der Waals surface area contributed by atoms with Gasteiger partial charge in [-0.15, -0.1) is 11.3 Å². The quantitative estimate of drug-likeness (QED) is 0.781. The number of aromatic nitrogens is 2. The molecule has 19 heavy (non-hydrogen) atoms. The third kappa shape index (κ3) is 3.21. The van der Waals surface area contributed by atoms with E-state index in [1.165, 1.54) is 22.9 Å². The highest BCUT2D eigenvalue weighted by Gasteiger charge is 2.16. The second kappa shape index (κ2) is 5.98. The zero-order valence-electron chi connectivity index (χ0n) is 10.7. The number of rotatable bonds is 5. The fourth-order valence-electron chi connectivity index (χ4n) is 1.51. The van der Waals surface area contributed by atoms with Gasteiger partial charge < -0.3 is 16.4 Å². The molecular weight excluding hydrogens is 282 g/mol. The Balaban J connectivity index is 2.12. The highest BCUT2D eigenvalue weighted by molar-refractivity contribution is 7.15. The number of nitrogens with zero attached hydrogens (tertiary/aromatic N) is 2. The molecular formula is C11H15N5OS2. The Morgan fingerprint density at radius 2 is 2.32 bits per heavy atom. The predicted molar refractivity (Wildman–Crippen MR) is 79.5 cm³/mol. The fraction of sp³-hybridized carbons (Fsp3) is 0.364. The van der Waals surface area contributed by atoms with Gasteiger partial charge in [-0.3, -0.25) is 4.79 Å². The fourth-order valence-corrected chi connectivity index (χ4v) is 3.17. The van der Waals surface area contributed by atoms with Crippen LogP contribution in [0.3, 0.4) is 0 Å². The number of hydrogen-bond donors (Lipinski definition) is 3. The molecule has 0 saturated carbocycles. The Labute approximate surface area is 119 Å². The van der Waals surface area contributed by atoms with Crippen LogP contribution < -0.4 is 16.4 Å². The van der Waals surface area contributed by atoms with Crippen molar-refractivity contribution in [2.45, 2.75) is 13.3 Å². The van der Waals surface area contributed by atoms with Gasteiger partial charge in [0.15, 0.2) is 0 Å². The molecule has 2 heterocycles. The van der Waals surface area contributed by atoms with Crippen LogP contribution in [0.2, 0.25) is 0 Å². The van der Waals surface area contributed by atoms with Crippen molar-refractivity contribution in [2.75, 3.05) is 24.6 Å². The molecule has 0 aliphatic rings. The summed E-state index contributed by atoms with van der Waals surface area (Å²) in [5.74, 6) is 0.471. The normalized spacial score (nSPS) is 10.4. The van der Waals surface area contributed by atoms with Crippen LogP contribution in [0.25, 0.3) is 10.6 Å². The van der Waals surface area contributed by atoms with E-state index in [1.54, 1.807) is 7.05 Å². The molecule has 2 aromatic heterocycles. The summed E-state index contributed by atoms with van der Waals surface area (Å²) in [5, 5.41) is 9.45. The summed E-state index contributed by atoms with van der Waals surface area (Å²) in [5.41, 5.74) is 7.68. The van der Waals surface area contributed by atoms with Crippen molar-refractivity contribution in [3.8, 4) is 10.6 Å². The zero-order valence-corrected chi connectivity index (χ0v) is 12.3. The van der Waals surface area contributed by atoms with E-state index in [4.69, 9.17) is 5.73 Å². The summed E-state index contributed by atoms with van der Waals surface area (Å²) in [7, 11) is 1.62. The topological polar surface area (TPSA) is 92.9 Å². The monoisotopic (exact) mass is 297 g/mol. The van der Waals surface area contributed by atoms with Crippen molar-refractivity contribution in [3.63, 3.8) is 0 Å². The van der Waals surface area contributed by atoms with Crippen LogP contribution in [0.5, 0.6) is 0 Å². The Hall–Kier alpha value is -1.67. The second-order valence-corrected chi connectivity index (χ2v) is 5.55. The Morgan fingerprint density at radius 3 is 2.95 bits per heavy atom. The molecule has 0 aromatic carbocycles. The molecule has 0 atom stereocenters. The Morgan fingerprint density at radius 1 is 1.53 bits per heavy atom. The van der Waals surface area contributed by atoms with Gasteiger partial charge in [0.05, 0.1) is 5.56 Å². The molecule has 4 N–H and O–H groups in total. The number of nitrogen functional groups attached to an aromatic ring is 1. The van der Waals surface area contributed by atoms with Crippen LogP contribution in [0, 0.1) is 6.92 Å². The van der Waals surface area contributed by atoms with Crippen LogP contribution in [0.4, 0.5) is 10.8 Å². The molecule has 0 spiro atoms. The minimum Gasteiger partial charge on any atom is -0.382 e. The highest BCUT2D eigenvalue weighted by atomic mass is 32.1. The van der Waals surface area contributed by atoms with Gasteiger partial charge in [-0.25, -0.2) is 4.98 Å². The van der Waals surface area contributed by atoms with Crippen LogP contribution in [0.1, 0.15) is 12.1 Å². The van der Waals surface area contributed by atoms with Gasteiger partial charge in [0.25, 0.3) is 0 Å². The molecule has 2 aromatic rings. The maximum absolute atomic E-state index is 11.2. The number of carbonyl (C=O) groups excluding carboxylic acids is 1. The average molecular weight is 297 g/mol. The summed E-state index contributed by atoms with van der Waals surface area (Å²) in [4.78, 5) is 15.6. The molecule has 2 rings (SSSR count). The van der Waals surface area contributed by atoms with Gasteiger partial charge in [0.1, 0.15) is 15.8 Å². The smallest absolute Gasteiger partial charge is 0.221 e. The second-order valence-electron chi connectivity index (χ2n) is 3.92. The first-order valence-electron chi connectivity index (χ1n) is 5.74. The van der Waals surface area contributed by atoms with Gasteiger partial charge in [-0.2, -0.15) is 4.37 Å². The predicted octanol–water partition coefficient (Wildman–Crippen LogP) is 1.71. The largest absolute Gasteiger partial charge is 0.382 e. The number of thiazole rings is 1. The lowest BCUT2D eigenvalue weighted by Crippen LogP contribution is -2.20. The van der Waals surface area contributed by atoms with E-state index < -0.39 is 0 Å². The van der Waals surface area contributed by atoms with E-state index in [0.29, 0.717) is 18.8 Å². The zero-order chi connectivity index (χ0) is 13.8. The minimum atomic E-state index is -0.00312. The maximum Gasteiger partial charge on any atom is 0.221 e. The number of amides is 1. The third-order valence-corrected chi connectivity index (χ3v) is 4.26. The molecule has 102 valence electrons. The lowest BCUT2D eigenvalue weighted by molar-refractivity contribution is -0.120. The minimum absolute atomic E-state index is 0.00312. The molecule has 0 aliphatic carbocycles. The first-order chi connectivity index (χ1) is 9.11. The molecule has 0 aliphatic heterocycles. The van der Waals surface area contributed by atoms with E-state index in [-0.39, 0.29) is 5.91 Å². The Kier molecular flexibility index (Phi) is 4.33. The lowest BCUT2D eigenvalue weighted by atomic mass is 10.3. The number of hydrogen-bond acceptors (Lipinski definition) is 7. The molecule has 0 radical (unpaired) electrons. The molecule has 0 fully saturated rings. The average Bonchev–Trinajstić information content (AvgIpc) is 2.95. The van der Waals surface area contributed by atoms with E-state index in [0.717, 1.165) is 21.3 Å². The summed E-state index contributed by atoms with van der Waals surface area (Å²) in [6.07, 6.45) is 0.407. The maximum atomic E-state index is 11.2. The Bertz CT molecular complexity index is 577. The van der Waals surface area contributed by atoms with Crippen molar-refractivity contribution < 1.29 is 4.79 Å². The molecule has 0 unspecified atom stereocenters. The standard InChI is InChI=1S/C11H15N5OS2/c1-6-5-18-11(15-6)8-9(12)16-19-10(8)14-4-3-7(17)13-2/h5,14H,3-4H2,1-2H3,(H2,12,16)(H,13,17). The molecule has 0 bridgehead atoms. The van der Waals surface area contributed by atoms with E-state index in [2.05, 4.69) is 20.0 Å². The molecule has 0 saturated heterocycles. The third-order valence-electron chi connectivity index (χ3n) is 2.47. The van der Waals surface area contributed by atoms with E-state index >= 15 is 0 Å². The number of carbonyl (C=O) groups is 1. The van der Waals surface area contributed by atoms with Crippen LogP contribution >= 0.6 is 22.9 Å². The number of nitrogens with one attached hydrogen (secondary N) is 2. The van der Waals surface area contributed by atoms with Gasteiger partial charge in [0, 0.05) is 31.1 Å². The summed E-state index contributed by atoms with van der Waals surface area (Å²) < 4.78 is 4.14. The summed E-state index contributed by atoms with van der Waals surface area (Å²) in [6, 6.07) is 0. The molecule has 8 heteroatoms. The molecule has 6 nitrogen and oxygen atoms in total. The summed E-state index contributed by atoms with van der Waals surface area (Å²) in [6.45, 7) is 2.48. The van der Waals surface area contributed by atoms with Crippen LogP contribution in [0.15, 0.2) is 5.38 Å². The number of aryl methyl sites for hydroxylation is 1.